The van der Waals surface area contributed by atoms with Crippen LogP contribution in [-0.4, -0.2) is 405 Å². The van der Waals surface area contributed by atoms with Gasteiger partial charge in [-0.2, -0.15) is 0 Å². The lowest BCUT2D eigenvalue weighted by atomic mass is 9.69. The lowest BCUT2D eigenvalue weighted by Gasteiger charge is -2.42. The minimum absolute atomic E-state index is 0.00767. The van der Waals surface area contributed by atoms with Crippen molar-refractivity contribution in [3.05, 3.63) is 0 Å². The van der Waals surface area contributed by atoms with Crippen molar-refractivity contribution >= 4 is 58.7 Å². The summed E-state index contributed by atoms with van der Waals surface area (Å²) in [6.45, 7) is 6.27. The average molecular weight is 1750 g/mol. The highest BCUT2D eigenvalue weighted by Crippen LogP contribution is 2.46. The molecular formula is C78H135N7O36. The highest BCUT2D eigenvalue weighted by molar-refractivity contribution is 5.93. The van der Waals surface area contributed by atoms with Crippen LogP contribution in [0.1, 0.15) is 131 Å². The van der Waals surface area contributed by atoms with E-state index in [1.165, 1.54) is 21.0 Å². The fourth-order valence-electron chi connectivity index (χ4n) is 14.6. The van der Waals surface area contributed by atoms with Gasteiger partial charge in [0.1, 0.15) is 90.7 Å². The molecular weight excluding hydrogens is 1610 g/mol. The number of Topliss-reactive ketones (excluding diaryl/α,β-unsaturated/α-hetero) is 3. The van der Waals surface area contributed by atoms with E-state index in [9.17, 15) is 114 Å². The number of nitrogens with zero attached hydrogens (tertiary/aromatic N) is 1. The largest absolute Gasteiger partial charge is 0.396 e. The lowest BCUT2D eigenvalue weighted by molar-refractivity contribution is -0.284. The zero-order chi connectivity index (χ0) is 89.5. The Morgan fingerprint density at radius 1 is 0.430 bits per heavy atom. The number of amides is 7. The smallest absolute Gasteiger partial charge is 0.242 e. The second-order valence-corrected chi connectivity index (χ2v) is 31.8. The highest BCUT2D eigenvalue weighted by atomic mass is 16.7. The first-order valence-electron chi connectivity index (χ1n) is 41.5. The van der Waals surface area contributed by atoms with Gasteiger partial charge in [0.2, 0.25) is 41.4 Å². The van der Waals surface area contributed by atoms with Gasteiger partial charge >= 0.3 is 0 Å². The van der Waals surface area contributed by atoms with E-state index in [-0.39, 0.29) is 207 Å². The van der Waals surface area contributed by atoms with E-state index in [1.807, 2.05) is 13.8 Å². The Morgan fingerprint density at radius 2 is 0.851 bits per heavy atom. The van der Waals surface area contributed by atoms with E-state index >= 15 is 0 Å². The molecule has 698 valence electrons. The Morgan fingerprint density at radius 3 is 1.32 bits per heavy atom. The molecule has 5 aliphatic rings. The summed E-state index contributed by atoms with van der Waals surface area (Å²) in [7, 11) is 1.52. The number of nitrogens with one attached hydrogen (secondary N) is 6. The molecule has 5 saturated heterocycles. The molecule has 5 fully saturated rings. The predicted octanol–water partition coefficient (Wildman–Crippen LogP) is -7.36. The van der Waals surface area contributed by atoms with Crippen molar-refractivity contribution in [1.29, 1.82) is 0 Å². The molecule has 43 heteroatoms. The number of methoxy groups -OCH3 is 1. The topological polar surface area (TPSA) is 629 Å². The van der Waals surface area contributed by atoms with E-state index in [0.717, 1.165) is 0 Å². The maximum absolute atomic E-state index is 14.8. The maximum Gasteiger partial charge on any atom is 0.242 e. The molecule has 121 heavy (non-hydrogen) atoms. The number of ketones is 3. The number of aliphatic hydroxyl groups excluding tert-OH is 13. The fraction of sp³-hybridized carbons (Fsp3) is 0.872. The van der Waals surface area contributed by atoms with E-state index in [1.54, 1.807) is 18.7 Å². The van der Waals surface area contributed by atoms with Gasteiger partial charge < -0.3 is 165 Å². The number of rotatable bonds is 59. The van der Waals surface area contributed by atoms with Crippen LogP contribution in [0.3, 0.4) is 0 Å². The highest BCUT2D eigenvalue weighted by Gasteiger charge is 2.54. The van der Waals surface area contributed by atoms with Crippen LogP contribution in [0.4, 0.5) is 0 Å². The molecule has 0 aliphatic carbocycles. The van der Waals surface area contributed by atoms with Crippen molar-refractivity contribution < 1.29 is 176 Å². The van der Waals surface area contributed by atoms with Gasteiger partial charge in [0.05, 0.1) is 124 Å². The Bertz CT molecular complexity index is 3140. The van der Waals surface area contributed by atoms with Crippen molar-refractivity contribution in [3.63, 3.8) is 0 Å². The summed E-state index contributed by atoms with van der Waals surface area (Å²) in [5.41, 5.74) is -1.31. The van der Waals surface area contributed by atoms with E-state index in [4.69, 9.17) is 61.6 Å². The second kappa shape index (κ2) is 55.0. The molecule has 0 aromatic rings. The van der Waals surface area contributed by atoms with E-state index < -0.39 is 237 Å². The van der Waals surface area contributed by atoms with Crippen LogP contribution in [0.25, 0.3) is 0 Å². The van der Waals surface area contributed by atoms with Crippen molar-refractivity contribution in [3.8, 4) is 0 Å². The van der Waals surface area contributed by atoms with Crippen molar-refractivity contribution in [2.24, 2.45) is 28.6 Å². The Balaban J connectivity index is 1.30. The standard InChI is InChI=1S/C78H135N7O36/c1-44-63(99)65(101)54(36-86)118-73(44)114-31-27-110-23-9-12-49(93)16-17-52(72(108)80-22-26-113-29-32-115-74-45(2)64(100)66(102)55(37-87)119-74)84-71(107)48(35-50(94)11-8-14-60(98)85-40-77(5,42-90)78(6,41-85)43-109-7)15-19-59(97)83-51(53(95)13-10-24-111-28-33-116-75-61(81-46(3)91)69(105)67(103)56(38-88)120-75)18-20-58(96)79-21-25-112-30-34-117-76-62(82-47(4)92)70(106)68(104)57(39-89)121-76/h44-45,48,51-52,54-57,61-70,73-76,86-90,99-106H,8-43H2,1-7H3,(H,79,96)(H,80,108)(H,81,91)(H,82,92)(H,83,97)(H,84,107)/t44?,45?,48?,51?,52?,54?,55?,56?,57?,61?,62?,63?,64?,65?,66?,67?,68?,69?,70?,73?,74?,75?,76?,77-,78+/m0/s1. The molecule has 23 unspecified atom stereocenters. The normalized spacial score (nSPS) is 30.7. The minimum Gasteiger partial charge on any atom is -0.396 e. The van der Waals surface area contributed by atoms with Crippen LogP contribution in [0.15, 0.2) is 0 Å². The molecule has 0 spiro atoms. The van der Waals surface area contributed by atoms with Gasteiger partial charge in [-0.3, -0.25) is 47.9 Å². The Kier molecular flexibility index (Phi) is 48.1. The Labute approximate surface area is 703 Å². The van der Waals surface area contributed by atoms with Gasteiger partial charge in [0.25, 0.3) is 0 Å². The van der Waals surface area contributed by atoms with Crippen molar-refractivity contribution in [2.75, 3.05) is 152 Å². The summed E-state index contributed by atoms with van der Waals surface area (Å²) in [5.74, 6) is -8.58. The quantitative estimate of drug-likeness (QED) is 0.0252. The lowest BCUT2D eigenvalue weighted by Crippen LogP contribution is -2.64. The number of hydrogen-bond donors (Lipinski definition) is 19. The van der Waals surface area contributed by atoms with Gasteiger partial charge in [-0.1, -0.05) is 27.7 Å². The van der Waals surface area contributed by atoms with Gasteiger partial charge in [0, 0.05) is 140 Å². The summed E-state index contributed by atoms with van der Waals surface area (Å²) >= 11 is 0. The van der Waals surface area contributed by atoms with Gasteiger partial charge in [-0.05, 0) is 38.5 Å². The van der Waals surface area contributed by atoms with Crippen molar-refractivity contribution in [1.82, 2.24) is 36.8 Å². The van der Waals surface area contributed by atoms with Crippen LogP contribution >= 0.6 is 0 Å². The van der Waals surface area contributed by atoms with Crippen LogP contribution in [-0.2, 0) is 110 Å². The van der Waals surface area contributed by atoms with Crippen LogP contribution in [0.5, 0.6) is 0 Å². The molecule has 0 aromatic carbocycles. The first kappa shape index (κ1) is 106. The zero-order valence-electron chi connectivity index (χ0n) is 70.4. The fourth-order valence-corrected chi connectivity index (χ4v) is 14.6. The third-order valence-corrected chi connectivity index (χ3v) is 22.3. The predicted molar refractivity (Wildman–Crippen MR) is 416 cm³/mol. The number of likely N-dealkylation sites (tertiary alicyclic amines) is 1. The van der Waals surface area contributed by atoms with Gasteiger partial charge in [-0.15, -0.1) is 0 Å². The summed E-state index contributed by atoms with van der Waals surface area (Å²) in [4.78, 5) is 138. The summed E-state index contributed by atoms with van der Waals surface area (Å²) in [6.07, 6.45) is -23.4. The third-order valence-electron chi connectivity index (χ3n) is 22.3. The minimum atomic E-state index is -1.57. The van der Waals surface area contributed by atoms with Gasteiger partial charge in [0.15, 0.2) is 30.9 Å². The molecule has 7 amide bonds. The second-order valence-electron chi connectivity index (χ2n) is 31.8. The number of hydrogen-bond acceptors (Lipinski definition) is 36. The monoisotopic (exact) mass is 1750 g/mol. The molecule has 0 radical (unpaired) electrons. The maximum atomic E-state index is 14.8. The van der Waals surface area contributed by atoms with Crippen LogP contribution < -0.4 is 31.9 Å². The molecule has 0 aromatic heterocycles. The number of ether oxygens (including phenoxy) is 13. The number of carbonyl (C=O) groups is 10. The first-order chi connectivity index (χ1) is 57.6. The summed E-state index contributed by atoms with van der Waals surface area (Å²) in [5, 5.41) is 148. The number of aliphatic hydroxyl groups is 13. The SMILES string of the molecule is COC[C@@]1(C)CN(C(=O)CCCC(=O)CC(CCC(=O)NC(CCC(=O)NCCOCCOC2OC(CO)C(O)C(O)C2NC(C)=O)C(=O)CCCOCCOC2OC(CO)C(O)C(O)C2NC(C)=O)C(=O)NC(CCC(=O)CCCOCCOC2OC(CO)C(O)C(O)C2C)C(=O)NCCOCCOC2OC(CO)C(O)C(O)C2C)C[C@@]1(C)CO. The molecule has 19 N–H and O–H groups in total. The molecule has 43 nitrogen and oxygen atoms in total. The van der Waals surface area contributed by atoms with Crippen LogP contribution in [0, 0.1) is 28.6 Å². The summed E-state index contributed by atoms with van der Waals surface area (Å²) < 4.78 is 73.2. The molecule has 5 heterocycles. The number of carbonyl (C=O) groups excluding carboxylic acids is 10. The van der Waals surface area contributed by atoms with Crippen molar-refractivity contribution in [2.45, 2.75) is 254 Å². The molecule has 25 atom stereocenters. The molecule has 0 saturated carbocycles. The average Bonchev–Trinajstić information content (AvgIpc) is 1.62. The molecule has 5 rings (SSSR count). The Hall–Kier alpha value is -5.74. The zero-order valence-corrected chi connectivity index (χ0v) is 70.4. The molecule has 5 aliphatic heterocycles. The first-order valence-corrected chi connectivity index (χ1v) is 41.5. The third kappa shape index (κ3) is 34.2. The molecule has 0 bridgehead atoms. The van der Waals surface area contributed by atoms with E-state index in [2.05, 4.69) is 31.9 Å². The summed E-state index contributed by atoms with van der Waals surface area (Å²) in [6, 6.07) is -5.22. The van der Waals surface area contributed by atoms with Crippen LogP contribution in [0.2, 0.25) is 0 Å². The van der Waals surface area contributed by atoms with Gasteiger partial charge in [-0.25, -0.2) is 0 Å². The van der Waals surface area contributed by atoms with E-state index in [0.29, 0.717) is 0 Å².